The van der Waals surface area contributed by atoms with E-state index in [4.69, 9.17) is 4.74 Å². The van der Waals surface area contributed by atoms with Crippen LogP contribution in [0.4, 0.5) is 0 Å². The van der Waals surface area contributed by atoms with Crippen LogP contribution in [0.3, 0.4) is 0 Å². The van der Waals surface area contributed by atoms with Gasteiger partial charge < -0.3 is 15.4 Å². The summed E-state index contributed by atoms with van der Waals surface area (Å²) in [5.41, 5.74) is 1.13. The van der Waals surface area contributed by atoms with Gasteiger partial charge in [0.2, 0.25) is 5.88 Å². The standard InChI is InChI=1S/C21H31N5OS.HI/c1-15-4-6-18(7-5-15)27-19-12-17(8-10-23-19)14-26-21(22-3)24-11-9-20-25-13-16(2)28-20;/h8,10,12-13,15,18H,4-7,9,11,14H2,1-3H3,(H2,22,24,26);1H. The van der Waals surface area contributed by atoms with E-state index in [1.54, 1.807) is 18.4 Å². The molecule has 0 radical (unpaired) electrons. The lowest BCUT2D eigenvalue weighted by atomic mass is 9.89. The van der Waals surface area contributed by atoms with Crippen LogP contribution in [0.15, 0.2) is 29.5 Å². The molecule has 8 heteroatoms. The summed E-state index contributed by atoms with van der Waals surface area (Å²) < 4.78 is 6.10. The minimum Gasteiger partial charge on any atom is -0.474 e. The molecule has 0 amide bonds. The fourth-order valence-electron chi connectivity index (χ4n) is 3.35. The van der Waals surface area contributed by atoms with E-state index in [0.717, 1.165) is 54.1 Å². The number of thiazole rings is 1. The Kier molecular flexibility index (Phi) is 10.1. The van der Waals surface area contributed by atoms with Gasteiger partial charge in [-0.2, -0.15) is 0 Å². The summed E-state index contributed by atoms with van der Waals surface area (Å²) >= 11 is 1.74. The number of aryl methyl sites for hydroxylation is 1. The van der Waals surface area contributed by atoms with Gasteiger partial charge in [0, 0.05) is 49.9 Å². The van der Waals surface area contributed by atoms with E-state index in [1.807, 2.05) is 24.5 Å². The number of halogens is 1. The predicted molar refractivity (Wildman–Crippen MR) is 130 cm³/mol. The van der Waals surface area contributed by atoms with E-state index in [0.29, 0.717) is 12.6 Å². The number of aliphatic imine (C=N–C) groups is 1. The number of pyridine rings is 1. The van der Waals surface area contributed by atoms with Crippen LogP contribution in [0.5, 0.6) is 5.88 Å². The van der Waals surface area contributed by atoms with Crippen molar-refractivity contribution in [2.24, 2.45) is 10.9 Å². The highest BCUT2D eigenvalue weighted by atomic mass is 127. The third-order valence-corrected chi connectivity index (χ3v) is 6.01. The Bertz CT molecular complexity index is 774. The molecule has 2 aromatic heterocycles. The summed E-state index contributed by atoms with van der Waals surface area (Å²) in [5.74, 6) is 2.33. The fourth-order valence-corrected chi connectivity index (χ4v) is 4.14. The second-order valence-corrected chi connectivity index (χ2v) is 8.79. The minimum absolute atomic E-state index is 0. The molecule has 0 unspecified atom stereocenters. The smallest absolute Gasteiger partial charge is 0.213 e. The minimum atomic E-state index is 0. The highest BCUT2D eigenvalue weighted by molar-refractivity contribution is 14.0. The van der Waals surface area contributed by atoms with E-state index >= 15 is 0 Å². The zero-order valence-electron chi connectivity index (χ0n) is 17.5. The van der Waals surface area contributed by atoms with Crippen LogP contribution in [-0.2, 0) is 13.0 Å². The number of aromatic nitrogens is 2. The molecule has 2 heterocycles. The van der Waals surface area contributed by atoms with Gasteiger partial charge in [0.25, 0.3) is 0 Å². The van der Waals surface area contributed by atoms with Gasteiger partial charge in [0.15, 0.2) is 5.96 Å². The molecule has 0 bridgehead atoms. The van der Waals surface area contributed by atoms with E-state index in [2.05, 4.69) is 39.4 Å². The molecule has 2 aromatic rings. The largest absolute Gasteiger partial charge is 0.474 e. The summed E-state index contributed by atoms with van der Waals surface area (Å²) in [4.78, 5) is 14.3. The van der Waals surface area contributed by atoms with Crippen molar-refractivity contribution in [2.75, 3.05) is 13.6 Å². The second-order valence-electron chi connectivity index (χ2n) is 7.47. The van der Waals surface area contributed by atoms with Crippen LogP contribution in [0.2, 0.25) is 0 Å². The Morgan fingerprint density at radius 2 is 2.03 bits per heavy atom. The molecule has 0 spiro atoms. The Morgan fingerprint density at radius 3 is 2.72 bits per heavy atom. The number of ether oxygens (including phenoxy) is 1. The van der Waals surface area contributed by atoms with Crippen molar-refractivity contribution in [1.82, 2.24) is 20.6 Å². The lowest BCUT2D eigenvalue weighted by molar-refractivity contribution is 0.130. The first-order chi connectivity index (χ1) is 13.6. The molecule has 160 valence electrons. The molecule has 2 N–H and O–H groups in total. The van der Waals surface area contributed by atoms with Gasteiger partial charge in [0.05, 0.1) is 5.01 Å². The summed E-state index contributed by atoms with van der Waals surface area (Å²) in [5, 5.41) is 7.84. The molecule has 29 heavy (non-hydrogen) atoms. The molecule has 0 saturated heterocycles. The van der Waals surface area contributed by atoms with Gasteiger partial charge in [-0.05, 0) is 50.2 Å². The molecule has 1 aliphatic rings. The van der Waals surface area contributed by atoms with E-state index < -0.39 is 0 Å². The first-order valence-electron chi connectivity index (χ1n) is 10.1. The summed E-state index contributed by atoms with van der Waals surface area (Å²) in [6.07, 6.45) is 9.68. The predicted octanol–water partition coefficient (Wildman–Crippen LogP) is 4.33. The Balaban J connectivity index is 0.00000300. The van der Waals surface area contributed by atoms with Crippen LogP contribution in [0, 0.1) is 12.8 Å². The monoisotopic (exact) mass is 529 g/mol. The third-order valence-electron chi connectivity index (χ3n) is 5.03. The topological polar surface area (TPSA) is 71.4 Å². The molecule has 0 aliphatic heterocycles. The van der Waals surface area contributed by atoms with Gasteiger partial charge in [0.1, 0.15) is 6.10 Å². The average Bonchev–Trinajstić information content (AvgIpc) is 3.12. The fraction of sp³-hybridized carbons (Fsp3) is 0.571. The second kappa shape index (κ2) is 12.3. The van der Waals surface area contributed by atoms with Crippen molar-refractivity contribution in [3.05, 3.63) is 40.0 Å². The van der Waals surface area contributed by atoms with Crippen molar-refractivity contribution in [3.63, 3.8) is 0 Å². The molecule has 3 rings (SSSR count). The van der Waals surface area contributed by atoms with Gasteiger partial charge in [-0.1, -0.05) is 6.92 Å². The van der Waals surface area contributed by atoms with Gasteiger partial charge >= 0.3 is 0 Å². The number of hydrogen-bond acceptors (Lipinski definition) is 5. The Hall–Kier alpha value is -1.42. The average molecular weight is 529 g/mol. The van der Waals surface area contributed by atoms with Gasteiger partial charge in [-0.25, -0.2) is 9.97 Å². The van der Waals surface area contributed by atoms with Gasteiger partial charge in [-0.3, -0.25) is 4.99 Å². The highest BCUT2D eigenvalue weighted by Gasteiger charge is 2.19. The number of rotatable bonds is 7. The first kappa shape index (κ1) is 23.9. The van der Waals surface area contributed by atoms with Crippen molar-refractivity contribution in [1.29, 1.82) is 0 Å². The maximum Gasteiger partial charge on any atom is 0.213 e. The lowest BCUT2D eigenvalue weighted by Crippen LogP contribution is -2.37. The summed E-state index contributed by atoms with van der Waals surface area (Å²) in [7, 11) is 1.79. The highest BCUT2D eigenvalue weighted by Crippen LogP contribution is 2.26. The third kappa shape index (κ3) is 8.08. The molecule has 0 atom stereocenters. The molecular formula is C21H32IN5OS. The molecule has 0 aromatic carbocycles. The zero-order valence-corrected chi connectivity index (χ0v) is 20.6. The maximum atomic E-state index is 6.10. The van der Waals surface area contributed by atoms with Crippen molar-refractivity contribution in [3.8, 4) is 5.88 Å². The SMILES string of the molecule is CN=C(NCCc1ncc(C)s1)NCc1ccnc(OC2CCC(C)CC2)c1.I. The van der Waals surface area contributed by atoms with Crippen LogP contribution in [0.1, 0.15) is 48.1 Å². The normalized spacial score (nSPS) is 19.3. The van der Waals surface area contributed by atoms with E-state index in [9.17, 15) is 0 Å². The molecule has 1 saturated carbocycles. The van der Waals surface area contributed by atoms with Crippen molar-refractivity contribution >= 4 is 41.3 Å². The van der Waals surface area contributed by atoms with Crippen LogP contribution >= 0.6 is 35.3 Å². The van der Waals surface area contributed by atoms with E-state index in [1.165, 1.54) is 17.7 Å². The molecular weight excluding hydrogens is 497 g/mol. The van der Waals surface area contributed by atoms with Crippen molar-refractivity contribution in [2.45, 2.75) is 58.6 Å². The van der Waals surface area contributed by atoms with Crippen molar-refractivity contribution < 1.29 is 4.74 Å². The number of nitrogens with zero attached hydrogens (tertiary/aromatic N) is 3. The number of nitrogens with one attached hydrogen (secondary N) is 2. The quantitative estimate of drug-likeness (QED) is 0.318. The number of guanidine groups is 1. The molecule has 1 fully saturated rings. The van der Waals surface area contributed by atoms with E-state index in [-0.39, 0.29) is 24.0 Å². The first-order valence-corrected chi connectivity index (χ1v) is 10.9. The van der Waals surface area contributed by atoms with Crippen LogP contribution in [0.25, 0.3) is 0 Å². The lowest BCUT2D eigenvalue weighted by Gasteiger charge is -2.26. The molecule has 1 aliphatic carbocycles. The summed E-state index contributed by atoms with van der Waals surface area (Å²) in [6, 6.07) is 4.03. The summed E-state index contributed by atoms with van der Waals surface area (Å²) in [6.45, 7) is 5.88. The maximum absolute atomic E-state index is 6.10. The van der Waals surface area contributed by atoms with Crippen LogP contribution in [-0.4, -0.2) is 35.6 Å². The Morgan fingerprint density at radius 1 is 1.24 bits per heavy atom. The van der Waals surface area contributed by atoms with Crippen LogP contribution < -0.4 is 15.4 Å². The zero-order chi connectivity index (χ0) is 19.8. The van der Waals surface area contributed by atoms with Gasteiger partial charge in [-0.15, -0.1) is 35.3 Å². The number of hydrogen-bond donors (Lipinski definition) is 2. The Labute approximate surface area is 195 Å². The molecule has 6 nitrogen and oxygen atoms in total.